The Hall–Kier alpha value is -3.17. The number of aromatic nitrogens is 1. The summed E-state index contributed by atoms with van der Waals surface area (Å²) in [6, 6.07) is 12.9. The Morgan fingerprint density at radius 3 is 2.64 bits per heavy atom. The van der Waals surface area contributed by atoms with E-state index in [1.807, 2.05) is 6.07 Å². The Labute approximate surface area is 192 Å². The number of aromatic amines is 1. The van der Waals surface area contributed by atoms with Gasteiger partial charge in [0.15, 0.2) is 0 Å². The van der Waals surface area contributed by atoms with Gasteiger partial charge in [-0.3, -0.25) is 4.79 Å². The van der Waals surface area contributed by atoms with Crippen LogP contribution in [0.15, 0.2) is 53.4 Å². The molecule has 5 rings (SSSR count). The van der Waals surface area contributed by atoms with E-state index in [9.17, 15) is 18.0 Å². The van der Waals surface area contributed by atoms with E-state index < -0.39 is 22.0 Å². The fourth-order valence-electron chi connectivity index (χ4n) is 4.86. The lowest BCUT2D eigenvalue weighted by atomic mass is 10.0. The molecule has 2 aliphatic rings. The number of carbonyl (C=O) groups excluding carboxylic acids is 2. The fraction of sp³-hybridized carbons (Fsp3) is 0.333. The molecule has 1 atom stereocenters. The van der Waals surface area contributed by atoms with Crippen molar-refractivity contribution in [3.05, 3.63) is 65.4 Å². The summed E-state index contributed by atoms with van der Waals surface area (Å²) in [7, 11) is -2.40. The van der Waals surface area contributed by atoms with Crippen molar-refractivity contribution in [3.8, 4) is 0 Å². The molecule has 9 heteroatoms. The van der Waals surface area contributed by atoms with Crippen LogP contribution in [0.25, 0.3) is 10.9 Å². The minimum atomic E-state index is -3.75. The third-order valence-corrected chi connectivity index (χ3v) is 8.47. The number of nitrogens with zero attached hydrogens (tertiary/aromatic N) is 2. The van der Waals surface area contributed by atoms with Gasteiger partial charge in [-0.05, 0) is 43.2 Å². The van der Waals surface area contributed by atoms with Crippen LogP contribution in [0.1, 0.15) is 34.5 Å². The predicted molar refractivity (Wildman–Crippen MR) is 122 cm³/mol. The van der Waals surface area contributed by atoms with Crippen LogP contribution in [0, 0.1) is 0 Å². The monoisotopic (exact) mass is 467 g/mol. The van der Waals surface area contributed by atoms with E-state index >= 15 is 0 Å². The maximum Gasteiger partial charge on any atom is 0.337 e. The zero-order valence-electron chi connectivity index (χ0n) is 18.3. The van der Waals surface area contributed by atoms with Crippen LogP contribution in [0.2, 0.25) is 0 Å². The SMILES string of the molecule is COC(=O)c1ccc2[nH]c3c(c2c1)CN(C(=O)C1CCCN1S(=O)(=O)c1ccccc1)CC3. The Morgan fingerprint density at radius 1 is 1.09 bits per heavy atom. The van der Waals surface area contributed by atoms with E-state index in [-0.39, 0.29) is 10.8 Å². The first-order valence-electron chi connectivity index (χ1n) is 11.0. The van der Waals surface area contributed by atoms with Gasteiger partial charge in [0.05, 0.1) is 17.6 Å². The lowest BCUT2D eigenvalue weighted by molar-refractivity contribution is -0.135. The summed E-state index contributed by atoms with van der Waals surface area (Å²) in [5.74, 6) is -0.584. The number of fused-ring (bicyclic) bond motifs is 3. The molecule has 33 heavy (non-hydrogen) atoms. The molecule has 8 nitrogen and oxygen atoms in total. The summed E-state index contributed by atoms with van der Waals surface area (Å²) < 4.78 is 32.6. The van der Waals surface area contributed by atoms with Crippen LogP contribution < -0.4 is 0 Å². The van der Waals surface area contributed by atoms with Crippen LogP contribution in [0.4, 0.5) is 0 Å². The van der Waals surface area contributed by atoms with Gasteiger partial charge >= 0.3 is 5.97 Å². The van der Waals surface area contributed by atoms with E-state index in [0.29, 0.717) is 44.5 Å². The highest BCUT2D eigenvalue weighted by molar-refractivity contribution is 7.89. The van der Waals surface area contributed by atoms with E-state index in [2.05, 4.69) is 4.98 Å². The van der Waals surface area contributed by atoms with Gasteiger partial charge in [-0.2, -0.15) is 4.31 Å². The third-order valence-electron chi connectivity index (χ3n) is 6.55. The second-order valence-corrected chi connectivity index (χ2v) is 10.3. The minimum Gasteiger partial charge on any atom is -0.465 e. The third kappa shape index (κ3) is 3.71. The molecule has 1 aromatic heterocycles. The molecule has 0 saturated carbocycles. The number of hydrogen-bond donors (Lipinski definition) is 1. The zero-order chi connectivity index (χ0) is 23.2. The molecule has 3 heterocycles. The Bertz CT molecular complexity index is 1330. The fourth-order valence-corrected chi connectivity index (χ4v) is 6.53. The minimum absolute atomic E-state index is 0.170. The van der Waals surface area contributed by atoms with Crippen molar-refractivity contribution in [2.45, 2.75) is 36.7 Å². The topological polar surface area (TPSA) is 99.8 Å². The Balaban J connectivity index is 1.42. The average molecular weight is 468 g/mol. The van der Waals surface area contributed by atoms with Crippen molar-refractivity contribution in [2.75, 3.05) is 20.2 Å². The van der Waals surface area contributed by atoms with Crippen molar-refractivity contribution < 1.29 is 22.7 Å². The quantitative estimate of drug-likeness (QED) is 0.595. The van der Waals surface area contributed by atoms with Gasteiger partial charge in [0.25, 0.3) is 0 Å². The smallest absolute Gasteiger partial charge is 0.337 e. The number of ether oxygens (including phenoxy) is 1. The molecule has 0 bridgehead atoms. The average Bonchev–Trinajstić information content (AvgIpc) is 3.48. The highest BCUT2D eigenvalue weighted by Crippen LogP contribution is 2.32. The van der Waals surface area contributed by atoms with Crippen molar-refractivity contribution in [3.63, 3.8) is 0 Å². The molecule has 1 N–H and O–H groups in total. The zero-order valence-corrected chi connectivity index (χ0v) is 19.1. The Kier molecular flexibility index (Phi) is 5.46. The highest BCUT2D eigenvalue weighted by atomic mass is 32.2. The number of methoxy groups -OCH3 is 1. The molecule has 0 radical (unpaired) electrons. The molecular formula is C24H25N3O5S. The molecule has 2 aromatic carbocycles. The summed E-state index contributed by atoms with van der Waals surface area (Å²) in [6.45, 7) is 1.22. The molecule has 1 amide bonds. The number of H-pyrrole nitrogens is 1. The summed E-state index contributed by atoms with van der Waals surface area (Å²) in [5.41, 5.74) is 3.35. The molecule has 1 fully saturated rings. The maximum atomic E-state index is 13.5. The van der Waals surface area contributed by atoms with Crippen LogP contribution in [0.5, 0.6) is 0 Å². The second kappa shape index (κ2) is 8.31. The van der Waals surface area contributed by atoms with Crippen molar-refractivity contribution in [2.24, 2.45) is 0 Å². The van der Waals surface area contributed by atoms with Crippen LogP contribution in [0.3, 0.4) is 0 Å². The Morgan fingerprint density at radius 2 is 1.88 bits per heavy atom. The summed E-state index contributed by atoms with van der Waals surface area (Å²) in [6.07, 6.45) is 1.80. The van der Waals surface area contributed by atoms with E-state index in [1.54, 1.807) is 47.4 Å². The van der Waals surface area contributed by atoms with Gasteiger partial charge in [0, 0.05) is 48.2 Å². The highest BCUT2D eigenvalue weighted by Gasteiger charge is 2.41. The molecule has 3 aromatic rings. The van der Waals surface area contributed by atoms with Crippen molar-refractivity contribution in [1.82, 2.24) is 14.2 Å². The van der Waals surface area contributed by atoms with E-state index in [0.717, 1.165) is 22.2 Å². The standard InChI is InChI=1S/C24H25N3O5S/c1-32-24(29)16-9-10-20-18(14-16)19-15-26(13-11-21(19)25-20)23(28)22-8-5-12-27(22)33(30,31)17-6-3-2-4-7-17/h2-4,6-7,9-10,14,22,25H,5,8,11-13,15H2,1H3. The van der Waals surface area contributed by atoms with Crippen LogP contribution in [-0.2, 0) is 32.5 Å². The molecular weight excluding hydrogens is 442 g/mol. The summed E-state index contributed by atoms with van der Waals surface area (Å²) in [5, 5.41) is 0.880. The number of benzene rings is 2. The number of hydrogen-bond acceptors (Lipinski definition) is 5. The number of nitrogens with one attached hydrogen (secondary N) is 1. The first-order valence-corrected chi connectivity index (χ1v) is 12.4. The van der Waals surface area contributed by atoms with Gasteiger partial charge in [-0.1, -0.05) is 18.2 Å². The molecule has 0 spiro atoms. The lowest BCUT2D eigenvalue weighted by Gasteiger charge is -2.32. The normalized spacial score (nSPS) is 18.9. The molecule has 1 unspecified atom stereocenters. The predicted octanol–water partition coefficient (Wildman–Crippen LogP) is 2.69. The molecule has 2 aliphatic heterocycles. The van der Waals surface area contributed by atoms with Crippen LogP contribution in [-0.4, -0.2) is 60.7 Å². The maximum absolute atomic E-state index is 13.5. The number of esters is 1. The second-order valence-electron chi connectivity index (χ2n) is 8.43. The first kappa shape index (κ1) is 21.7. The summed E-state index contributed by atoms with van der Waals surface area (Å²) in [4.78, 5) is 30.8. The van der Waals surface area contributed by atoms with Gasteiger partial charge < -0.3 is 14.6 Å². The molecule has 172 valence electrons. The number of amides is 1. The number of sulfonamides is 1. The first-order chi connectivity index (χ1) is 15.9. The molecule has 0 aliphatic carbocycles. The van der Waals surface area contributed by atoms with Gasteiger partial charge in [-0.15, -0.1) is 0 Å². The number of rotatable bonds is 4. The van der Waals surface area contributed by atoms with Gasteiger partial charge in [0.2, 0.25) is 15.9 Å². The van der Waals surface area contributed by atoms with E-state index in [4.69, 9.17) is 4.74 Å². The van der Waals surface area contributed by atoms with Gasteiger partial charge in [-0.25, -0.2) is 13.2 Å². The van der Waals surface area contributed by atoms with E-state index in [1.165, 1.54) is 11.4 Å². The number of carbonyl (C=O) groups is 2. The van der Waals surface area contributed by atoms with Crippen molar-refractivity contribution in [1.29, 1.82) is 0 Å². The lowest BCUT2D eigenvalue weighted by Crippen LogP contribution is -2.48. The van der Waals surface area contributed by atoms with Crippen molar-refractivity contribution >= 4 is 32.8 Å². The van der Waals surface area contributed by atoms with Crippen LogP contribution >= 0.6 is 0 Å². The largest absolute Gasteiger partial charge is 0.465 e. The summed E-state index contributed by atoms with van der Waals surface area (Å²) >= 11 is 0. The van der Waals surface area contributed by atoms with Gasteiger partial charge in [0.1, 0.15) is 6.04 Å². The molecule has 1 saturated heterocycles.